The van der Waals surface area contributed by atoms with E-state index in [1.807, 2.05) is 0 Å². The zero-order valence-electron chi connectivity index (χ0n) is 5.07. The number of hydrogen-bond acceptors (Lipinski definition) is 3. The maximum absolute atomic E-state index is 9.05. The second-order valence-corrected chi connectivity index (χ2v) is 1.93. The Morgan fingerprint density at radius 1 is 1.30 bits per heavy atom. The smallest absolute Gasteiger partial charge is 0.217 e. The molecule has 0 spiro atoms. The number of aromatic hydroxyl groups is 1. The Bertz CT molecular complexity index is 355. The van der Waals surface area contributed by atoms with Crippen LogP contribution in [0.4, 0.5) is 0 Å². The summed E-state index contributed by atoms with van der Waals surface area (Å²) in [5.41, 5.74) is 1.20. The highest BCUT2D eigenvalue weighted by Crippen LogP contribution is 2.17. The average Bonchev–Trinajstić information content (AvgIpc) is 2.34. The minimum absolute atomic E-state index is 0.0723. The van der Waals surface area contributed by atoms with Gasteiger partial charge in [0.15, 0.2) is 0 Å². The van der Waals surface area contributed by atoms with Crippen molar-refractivity contribution in [2.24, 2.45) is 0 Å². The molecule has 0 fully saturated rings. The molecule has 10 heavy (non-hydrogen) atoms. The largest absolute Gasteiger partial charge is 0.493 e. The Labute approximate surface area is 56.6 Å². The molecule has 4 nitrogen and oxygen atoms in total. The molecular weight excluding hydrogens is 130 g/mol. The van der Waals surface area contributed by atoms with Crippen LogP contribution in [0.5, 0.6) is 5.88 Å². The minimum Gasteiger partial charge on any atom is -0.493 e. The van der Waals surface area contributed by atoms with Crippen LogP contribution >= 0.6 is 0 Å². The number of nitrogens with one attached hydrogen (secondary N) is 1. The Kier molecular flexibility index (Phi) is 0.887. The van der Waals surface area contributed by atoms with E-state index in [0.29, 0.717) is 11.0 Å². The number of aromatic nitrogens is 3. The van der Waals surface area contributed by atoms with Crippen LogP contribution < -0.4 is 0 Å². The summed E-state index contributed by atoms with van der Waals surface area (Å²) < 4.78 is 0. The van der Waals surface area contributed by atoms with Crippen molar-refractivity contribution in [1.29, 1.82) is 0 Å². The van der Waals surface area contributed by atoms with Gasteiger partial charge in [0.1, 0.15) is 11.0 Å². The Morgan fingerprint density at radius 2 is 2.10 bits per heavy atom. The molecule has 0 aliphatic rings. The van der Waals surface area contributed by atoms with Gasteiger partial charge in [0.2, 0.25) is 5.88 Å². The summed E-state index contributed by atoms with van der Waals surface area (Å²) in [7, 11) is 0. The number of nitrogens with zero attached hydrogens (tertiary/aromatic N) is 2. The zero-order valence-corrected chi connectivity index (χ0v) is 5.07. The van der Waals surface area contributed by atoms with Crippen molar-refractivity contribution in [3.8, 4) is 5.88 Å². The van der Waals surface area contributed by atoms with Gasteiger partial charge in [-0.25, -0.2) is 4.98 Å². The number of fused-ring (bicyclic) bond motifs is 1. The summed E-state index contributed by atoms with van der Waals surface area (Å²) in [6.07, 6.45) is 4.73. The van der Waals surface area contributed by atoms with E-state index in [1.165, 1.54) is 6.20 Å². The van der Waals surface area contributed by atoms with Crippen LogP contribution in [0.1, 0.15) is 0 Å². The van der Waals surface area contributed by atoms with Gasteiger partial charge in [-0.3, -0.25) is 4.98 Å². The molecule has 0 bridgehead atoms. The first-order valence-electron chi connectivity index (χ1n) is 2.85. The fraction of sp³-hybridized carbons (Fsp3) is 0. The van der Waals surface area contributed by atoms with Crippen molar-refractivity contribution in [3.05, 3.63) is 18.6 Å². The van der Waals surface area contributed by atoms with Crippen LogP contribution in [0.15, 0.2) is 18.6 Å². The molecule has 50 valence electrons. The van der Waals surface area contributed by atoms with Crippen LogP contribution in [-0.4, -0.2) is 20.1 Å². The molecule has 0 aliphatic heterocycles. The van der Waals surface area contributed by atoms with Crippen molar-refractivity contribution < 1.29 is 5.11 Å². The quantitative estimate of drug-likeness (QED) is 0.557. The monoisotopic (exact) mass is 135 g/mol. The van der Waals surface area contributed by atoms with Crippen molar-refractivity contribution in [1.82, 2.24) is 15.0 Å². The summed E-state index contributed by atoms with van der Waals surface area (Å²) in [6, 6.07) is 0. The number of rotatable bonds is 0. The first kappa shape index (κ1) is 5.22. The molecule has 0 saturated heterocycles. The Morgan fingerprint density at radius 3 is 2.90 bits per heavy atom. The molecule has 0 amide bonds. The van der Waals surface area contributed by atoms with Crippen molar-refractivity contribution in [2.75, 3.05) is 0 Å². The van der Waals surface area contributed by atoms with E-state index in [9.17, 15) is 0 Å². The second kappa shape index (κ2) is 1.70. The number of hydrogen-bond donors (Lipinski definition) is 2. The maximum Gasteiger partial charge on any atom is 0.217 e. The molecular formula is C6H5N3O. The summed E-state index contributed by atoms with van der Waals surface area (Å²) >= 11 is 0. The summed E-state index contributed by atoms with van der Waals surface area (Å²) in [5, 5.41) is 9.05. The van der Waals surface area contributed by atoms with Crippen LogP contribution in [0.3, 0.4) is 0 Å². The molecule has 0 aromatic carbocycles. The molecule has 0 radical (unpaired) electrons. The lowest BCUT2D eigenvalue weighted by Gasteiger charge is -1.84. The van der Waals surface area contributed by atoms with Gasteiger partial charge in [-0.15, -0.1) is 0 Å². The third-order valence-electron chi connectivity index (χ3n) is 1.30. The summed E-state index contributed by atoms with van der Waals surface area (Å²) in [6.45, 7) is 0. The molecule has 0 saturated carbocycles. The summed E-state index contributed by atoms with van der Waals surface area (Å²) in [5.74, 6) is 0.0723. The minimum atomic E-state index is 0.0723. The molecule has 2 rings (SSSR count). The van der Waals surface area contributed by atoms with Gasteiger partial charge in [0, 0.05) is 18.6 Å². The van der Waals surface area contributed by atoms with E-state index in [4.69, 9.17) is 5.11 Å². The maximum atomic E-state index is 9.05. The molecule has 2 heterocycles. The lowest BCUT2D eigenvalue weighted by molar-refractivity contribution is 0.461. The van der Waals surface area contributed by atoms with Gasteiger partial charge < -0.3 is 10.1 Å². The topological polar surface area (TPSA) is 61.8 Å². The van der Waals surface area contributed by atoms with Gasteiger partial charge in [0.25, 0.3) is 0 Å². The lowest BCUT2D eigenvalue weighted by Crippen LogP contribution is -1.74. The van der Waals surface area contributed by atoms with Crippen molar-refractivity contribution in [3.63, 3.8) is 0 Å². The van der Waals surface area contributed by atoms with E-state index in [1.54, 1.807) is 12.4 Å². The molecule has 2 aromatic rings. The highest BCUT2D eigenvalue weighted by atomic mass is 16.3. The Balaban J connectivity index is 2.93. The zero-order chi connectivity index (χ0) is 6.97. The predicted octanol–water partition coefficient (Wildman–Crippen LogP) is 0.663. The van der Waals surface area contributed by atoms with Gasteiger partial charge in [0.05, 0.1) is 0 Å². The van der Waals surface area contributed by atoms with Gasteiger partial charge in [-0.05, 0) is 0 Å². The van der Waals surface area contributed by atoms with Crippen LogP contribution in [0.25, 0.3) is 11.0 Å². The van der Waals surface area contributed by atoms with Gasteiger partial charge in [-0.2, -0.15) is 0 Å². The van der Waals surface area contributed by atoms with Gasteiger partial charge >= 0.3 is 0 Å². The average molecular weight is 135 g/mol. The lowest BCUT2D eigenvalue weighted by atomic mass is 10.5. The number of aromatic amines is 1. The highest BCUT2D eigenvalue weighted by molar-refractivity contribution is 5.78. The predicted molar refractivity (Wildman–Crippen MR) is 35.6 cm³/mol. The third kappa shape index (κ3) is 0.556. The van der Waals surface area contributed by atoms with Crippen LogP contribution in [0.2, 0.25) is 0 Å². The van der Waals surface area contributed by atoms with Gasteiger partial charge in [-0.1, -0.05) is 0 Å². The number of H-pyrrole nitrogens is 1. The van der Waals surface area contributed by atoms with E-state index in [-0.39, 0.29) is 5.88 Å². The van der Waals surface area contributed by atoms with E-state index >= 15 is 0 Å². The fourth-order valence-electron chi connectivity index (χ4n) is 0.842. The molecule has 2 N–H and O–H groups in total. The SMILES string of the molecule is Oc1[nH]cc2nccnc12. The summed E-state index contributed by atoms with van der Waals surface area (Å²) in [4.78, 5) is 10.5. The first-order valence-corrected chi connectivity index (χ1v) is 2.85. The van der Waals surface area contributed by atoms with E-state index in [0.717, 1.165) is 0 Å². The van der Waals surface area contributed by atoms with Crippen LogP contribution in [-0.2, 0) is 0 Å². The van der Waals surface area contributed by atoms with E-state index in [2.05, 4.69) is 15.0 Å². The molecule has 0 atom stereocenters. The third-order valence-corrected chi connectivity index (χ3v) is 1.30. The standard InChI is InChI=1S/C6H5N3O/c10-6-5-4(3-9-6)7-1-2-8-5/h1-3,9-10H. The molecule has 4 heteroatoms. The normalized spacial score (nSPS) is 10.4. The second-order valence-electron chi connectivity index (χ2n) is 1.93. The highest BCUT2D eigenvalue weighted by Gasteiger charge is 2.00. The van der Waals surface area contributed by atoms with Crippen molar-refractivity contribution in [2.45, 2.75) is 0 Å². The molecule has 2 aromatic heterocycles. The Hall–Kier alpha value is -1.58. The molecule has 0 unspecified atom stereocenters. The first-order chi connectivity index (χ1) is 4.88. The van der Waals surface area contributed by atoms with Crippen molar-refractivity contribution >= 4 is 11.0 Å². The molecule has 0 aliphatic carbocycles. The van der Waals surface area contributed by atoms with Crippen LogP contribution in [0, 0.1) is 0 Å². The van der Waals surface area contributed by atoms with E-state index < -0.39 is 0 Å². The fourth-order valence-corrected chi connectivity index (χ4v) is 0.842.